The van der Waals surface area contributed by atoms with E-state index in [1.807, 2.05) is 19.1 Å². The van der Waals surface area contributed by atoms with E-state index < -0.39 is 10.2 Å². The first-order chi connectivity index (χ1) is 12.4. The van der Waals surface area contributed by atoms with E-state index in [9.17, 15) is 8.42 Å². The van der Waals surface area contributed by atoms with Crippen molar-refractivity contribution >= 4 is 21.7 Å². The molecule has 0 spiro atoms. The zero-order valence-corrected chi connectivity index (χ0v) is 16.1. The van der Waals surface area contributed by atoms with Gasteiger partial charge in [-0.2, -0.15) is 17.0 Å². The first-order valence-electron chi connectivity index (χ1n) is 8.55. The maximum absolute atomic E-state index is 12.4. The van der Waals surface area contributed by atoms with Crippen LogP contribution in [0.25, 0.3) is 0 Å². The fourth-order valence-corrected chi connectivity index (χ4v) is 4.30. The first kappa shape index (κ1) is 18.7. The molecule has 3 rings (SSSR count). The maximum Gasteiger partial charge on any atom is 0.281 e. The summed E-state index contributed by atoms with van der Waals surface area (Å²) < 4.78 is 27.7. The van der Waals surface area contributed by atoms with Gasteiger partial charge in [0.25, 0.3) is 10.2 Å². The second-order valence-corrected chi connectivity index (χ2v) is 8.77. The van der Waals surface area contributed by atoms with Gasteiger partial charge in [-0.25, -0.2) is 4.98 Å². The lowest BCUT2D eigenvalue weighted by molar-refractivity contribution is 0.296. The minimum atomic E-state index is -3.40. The molecule has 2 aromatic heterocycles. The van der Waals surface area contributed by atoms with E-state index in [4.69, 9.17) is 0 Å². The highest BCUT2D eigenvalue weighted by Crippen LogP contribution is 2.30. The van der Waals surface area contributed by atoms with Crippen molar-refractivity contribution in [2.24, 2.45) is 0 Å². The highest BCUT2D eigenvalue weighted by molar-refractivity contribution is 7.86. The summed E-state index contributed by atoms with van der Waals surface area (Å²) in [7, 11) is -0.280. The molecule has 0 saturated carbocycles. The van der Waals surface area contributed by atoms with Crippen molar-refractivity contribution in [3.63, 3.8) is 0 Å². The number of nitrogens with one attached hydrogen (secondary N) is 1. The summed E-state index contributed by atoms with van der Waals surface area (Å²) in [6, 6.07) is 3.91. The third-order valence-corrected chi connectivity index (χ3v) is 6.31. The number of hydrogen-bond acceptors (Lipinski definition) is 6. The van der Waals surface area contributed by atoms with E-state index in [1.54, 1.807) is 37.0 Å². The Morgan fingerprint density at radius 3 is 2.77 bits per heavy atom. The summed E-state index contributed by atoms with van der Waals surface area (Å²) in [6.07, 6.45) is 6.64. The molecule has 0 amide bonds. The van der Waals surface area contributed by atoms with E-state index >= 15 is 0 Å². The van der Waals surface area contributed by atoms with Crippen LogP contribution in [0.4, 0.5) is 11.5 Å². The van der Waals surface area contributed by atoms with Gasteiger partial charge in [-0.05, 0) is 31.9 Å². The zero-order chi connectivity index (χ0) is 18.7. The van der Waals surface area contributed by atoms with E-state index in [2.05, 4.69) is 20.3 Å². The van der Waals surface area contributed by atoms with Crippen molar-refractivity contribution in [3.05, 3.63) is 42.1 Å². The van der Waals surface area contributed by atoms with Crippen LogP contribution in [0, 0.1) is 6.92 Å². The molecule has 2 aromatic rings. The van der Waals surface area contributed by atoms with Gasteiger partial charge >= 0.3 is 0 Å². The van der Waals surface area contributed by atoms with Crippen LogP contribution in [-0.2, 0) is 10.2 Å². The summed E-state index contributed by atoms with van der Waals surface area (Å²) in [6.45, 7) is 2.93. The summed E-state index contributed by atoms with van der Waals surface area (Å²) in [5.41, 5.74) is 2.65. The number of hydrogen-bond donors (Lipinski definition) is 1. The Balaban J connectivity index is 1.82. The SMILES string of the molecule is Cc1cc(Nc2cnccn2)cc(C2CCCN(S(=O)(=O)N(C)C)C2)n1. The van der Waals surface area contributed by atoms with E-state index in [1.165, 1.54) is 4.31 Å². The molecule has 1 saturated heterocycles. The minimum Gasteiger partial charge on any atom is -0.339 e. The Morgan fingerprint density at radius 1 is 1.27 bits per heavy atom. The molecule has 9 heteroatoms. The van der Waals surface area contributed by atoms with Crippen molar-refractivity contribution in [3.8, 4) is 0 Å². The molecular weight excluding hydrogens is 352 g/mol. The number of aromatic nitrogens is 3. The molecule has 1 unspecified atom stereocenters. The molecule has 0 radical (unpaired) electrons. The van der Waals surface area contributed by atoms with Gasteiger partial charge in [0.1, 0.15) is 5.82 Å². The molecule has 0 aromatic carbocycles. The average Bonchev–Trinajstić information content (AvgIpc) is 2.62. The minimum absolute atomic E-state index is 0.0702. The molecule has 3 heterocycles. The molecule has 0 aliphatic carbocycles. The highest BCUT2D eigenvalue weighted by atomic mass is 32.2. The average molecular weight is 376 g/mol. The van der Waals surface area contributed by atoms with Crippen LogP contribution in [0.1, 0.15) is 30.1 Å². The number of pyridine rings is 1. The predicted octanol–water partition coefficient (Wildman–Crippen LogP) is 1.91. The lowest BCUT2D eigenvalue weighted by Crippen LogP contribution is -2.45. The van der Waals surface area contributed by atoms with E-state index in [-0.39, 0.29) is 5.92 Å². The predicted molar refractivity (Wildman–Crippen MR) is 100 cm³/mol. The number of piperidine rings is 1. The van der Waals surface area contributed by atoms with Gasteiger partial charge in [-0.15, -0.1) is 0 Å². The fourth-order valence-electron chi connectivity index (χ4n) is 3.11. The molecule has 1 atom stereocenters. The number of aryl methyl sites for hydroxylation is 1. The van der Waals surface area contributed by atoms with Gasteiger partial charge in [0, 0.05) is 62.6 Å². The molecule has 140 valence electrons. The monoisotopic (exact) mass is 376 g/mol. The van der Waals surface area contributed by atoms with Crippen molar-refractivity contribution in [1.29, 1.82) is 0 Å². The lowest BCUT2D eigenvalue weighted by atomic mass is 9.95. The molecule has 1 N–H and O–H groups in total. The zero-order valence-electron chi connectivity index (χ0n) is 15.3. The van der Waals surface area contributed by atoms with Crippen LogP contribution in [0.5, 0.6) is 0 Å². The summed E-state index contributed by atoms with van der Waals surface area (Å²) >= 11 is 0. The summed E-state index contributed by atoms with van der Waals surface area (Å²) in [5.74, 6) is 0.727. The van der Waals surface area contributed by atoms with Gasteiger partial charge in [-0.1, -0.05) is 0 Å². The van der Waals surface area contributed by atoms with Crippen LogP contribution in [-0.4, -0.2) is 59.2 Å². The van der Waals surface area contributed by atoms with Crippen LogP contribution >= 0.6 is 0 Å². The van der Waals surface area contributed by atoms with E-state index in [0.29, 0.717) is 18.9 Å². The van der Waals surface area contributed by atoms with Gasteiger partial charge in [0.2, 0.25) is 0 Å². The van der Waals surface area contributed by atoms with E-state index in [0.717, 1.165) is 29.9 Å². The number of nitrogens with zero attached hydrogens (tertiary/aromatic N) is 5. The van der Waals surface area contributed by atoms with Gasteiger partial charge in [-0.3, -0.25) is 9.97 Å². The second kappa shape index (κ2) is 7.65. The second-order valence-electron chi connectivity index (χ2n) is 6.63. The Kier molecular flexibility index (Phi) is 5.49. The molecule has 1 aliphatic heterocycles. The van der Waals surface area contributed by atoms with Crippen molar-refractivity contribution in [2.75, 3.05) is 32.5 Å². The van der Waals surface area contributed by atoms with Crippen molar-refractivity contribution < 1.29 is 8.42 Å². The standard InChI is InChI=1S/C17H24N6O2S/c1-13-9-15(21-17-11-18-6-7-19-17)10-16(20-13)14-5-4-8-23(12-14)26(24,25)22(2)3/h6-7,9-11,14H,4-5,8,12H2,1-3H3,(H,19,20,21). The lowest BCUT2D eigenvalue weighted by Gasteiger charge is -2.33. The van der Waals surface area contributed by atoms with Gasteiger partial charge in [0.15, 0.2) is 0 Å². The fraction of sp³-hybridized carbons (Fsp3) is 0.471. The molecule has 1 aliphatic rings. The van der Waals surface area contributed by atoms with Crippen LogP contribution in [0.15, 0.2) is 30.7 Å². The smallest absolute Gasteiger partial charge is 0.281 e. The summed E-state index contributed by atoms with van der Waals surface area (Å²) in [5, 5.41) is 3.23. The quantitative estimate of drug-likeness (QED) is 0.857. The third-order valence-electron chi connectivity index (χ3n) is 4.40. The topological polar surface area (TPSA) is 91.3 Å². The van der Waals surface area contributed by atoms with Crippen molar-refractivity contribution in [2.45, 2.75) is 25.7 Å². The highest BCUT2D eigenvalue weighted by Gasteiger charge is 2.31. The number of anilines is 2. The van der Waals surface area contributed by atoms with Crippen LogP contribution in [0.2, 0.25) is 0 Å². The molecule has 1 fully saturated rings. The molecule has 8 nitrogen and oxygen atoms in total. The maximum atomic E-state index is 12.4. The normalized spacial score (nSPS) is 18.8. The first-order valence-corrected chi connectivity index (χ1v) is 9.95. The Morgan fingerprint density at radius 2 is 2.08 bits per heavy atom. The molecular formula is C17H24N6O2S. The summed E-state index contributed by atoms with van der Waals surface area (Å²) in [4.78, 5) is 12.9. The molecule has 26 heavy (non-hydrogen) atoms. The Labute approximate surface area is 154 Å². The van der Waals surface area contributed by atoms with Gasteiger partial charge in [0.05, 0.1) is 6.20 Å². The van der Waals surface area contributed by atoms with Crippen LogP contribution in [0.3, 0.4) is 0 Å². The Bertz CT molecular complexity index is 857. The number of rotatable bonds is 5. The van der Waals surface area contributed by atoms with Crippen molar-refractivity contribution in [1.82, 2.24) is 23.6 Å². The largest absolute Gasteiger partial charge is 0.339 e. The molecule has 0 bridgehead atoms. The Hall–Kier alpha value is -2.10. The van der Waals surface area contributed by atoms with Crippen LogP contribution < -0.4 is 5.32 Å². The van der Waals surface area contributed by atoms with Gasteiger partial charge < -0.3 is 5.32 Å². The third kappa shape index (κ3) is 4.17.